The molecule has 3 rings (SSSR count). The molecule has 0 aromatic rings. The number of aliphatic hydroxyl groups is 2. The van der Waals surface area contributed by atoms with E-state index in [1.807, 2.05) is 25.2 Å². The predicted molar refractivity (Wildman–Crippen MR) is 124 cm³/mol. The first-order valence-electron chi connectivity index (χ1n) is 12.4. The molecule has 208 valence electrons. The fraction of sp³-hybridized carbons (Fsp3) is 0.833. The normalized spacial score (nSPS) is 31.5. The van der Waals surface area contributed by atoms with Crippen LogP contribution in [0.15, 0.2) is 0 Å². The van der Waals surface area contributed by atoms with Gasteiger partial charge in [0.1, 0.15) is 18.5 Å². The smallest absolute Gasteiger partial charge is 0.376 e. The third kappa shape index (κ3) is 6.18. The van der Waals surface area contributed by atoms with Crippen molar-refractivity contribution in [1.82, 2.24) is 20.9 Å². The molecule has 2 saturated heterocycles. The van der Waals surface area contributed by atoms with Crippen molar-refractivity contribution in [1.29, 1.82) is 5.26 Å². The summed E-state index contributed by atoms with van der Waals surface area (Å²) in [7, 11) is 0. The van der Waals surface area contributed by atoms with Crippen molar-refractivity contribution >= 4 is 17.7 Å². The van der Waals surface area contributed by atoms with E-state index in [0.29, 0.717) is 6.54 Å². The van der Waals surface area contributed by atoms with Crippen molar-refractivity contribution in [2.45, 2.75) is 90.6 Å². The molecule has 3 fully saturated rings. The summed E-state index contributed by atoms with van der Waals surface area (Å²) < 4.78 is 38.9. The van der Waals surface area contributed by atoms with Crippen LogP contribution in [-0.4, -0.2) is 76.1 Å². The van der Waals surface area contributed by atoms with Gasteiger partial charge in [0.05, 0.1) is 12.1 Å². The monoisotopic (exact) mass is 531 g/mol. The Labute approximate surface area is 213 Å². The Morgan fingerprint density at radius 3 is 2.38 bits per heavy atom. The van der Waals surface area contributed by atoms with Gasteiger partial charge in [0.2, 0.25) is 11.8 Å². The Morgan fingerprint density at radius 2 is 1.89 bits per heavy atom. The number of nitrogens with zero attached hydrogens (tertiary/aromatic N) is 2. The number of nitrogens with one attached hydrogen (secondary N) is 3. The molecule has 0 bridgehead atoms. The summed E-state index contributed by atoms with van der Waals surface area (Å²) in [5, 5.41) is 37.2. The lowest BCUT2D eigenvalue weighted by atomic mass is 9.84. The maximum Gasteiger partial charge on any atom is 0.471 e. The summed E-state index contributed by atoms with van der Waals surface area (Å²) in [6.07, 6.45) is -7.56. The van der Waals surface area contributed by atoms with Crippen molar-refractivity contribution in [2.75, 3.05) is 6.54 Å². The Balaban J connectivity index is 1.73. The first-order chi connectivity index (χ1) is 16.9. The summed E-state index contributed by atoms with van der Waals surface area (Å²) in [6, 6.07) is -0.827. The van der Waals surface area contributed by atoms with Crippen LogP contribution in [0.1, 0.15) is 53.9 Å². The number of likely N-dealkylation sites (tertiary alicyclic amines) is 1. The molecule has 0 spiro atoms. The molecule has 10 nitrogen and oxygen atoms in total. The van der Waals surface area contributed by atoms with Crippen molar-refractivity contribution < 1.29 is 37.8 Å². The summed E-state index contributed by atoms with van der Waals surface area (Å²) in [6.45, 7) is 9.19. The van der Waals surface area contributed by atoms with Gasteiger partial charge in [0.25, 0.3) is 0 Å². The molecule has 2 heterocycles. The van der Waals surface area contributed by atoms with Crippen molar-refractivity contribution in [3.8, 4) is 6.07 Å². The molecular formula is C24H36F3N5O5. The minimum atomic E-state index is -5.11. The van der Waals surface area contributed by atoms with E-state index in [0.717, 1.165) is 0 Å². The summed E-state index contributed by atoms with van der Waals surface area (Å²) in [5.74, 6) is -3.58. The number of halogens is 3. The van der Waals surface area contributed by atoms with E-state index in [9.17, 15) is 43.0 Å². The first kappa shape index (κ1) is 29.1. The molecule has 1 saturated carbocycles. The van der Waals surface area contributed by atoms with E-state index in [2.05, 4.69) is 10.6 Å². The molecule has 5 N–H and O–H groups in total. The molecule has 0 aromatic heterocycles. The molecule has 2 aliphatic heterocycles. The quantitative estimate of drug-likeness (QED) is 0.307. The number of rotatable bonds is 8. The second-order valence-electron chi connectivity index (χ2n) is 12.1. The number of aliphatic hydroxyl groups excluding tert-OH is 2. The largest absolute Gasteiger partial charge is 0.471 e. The van der Waals surface area contributed by atoms with E-state index in [4.69, 9.17) is 0 Å². The molecule has 2 unspecified atom stereocenters. The predicted octanol–water partition coefficient (Wildman–Crippen LogP) is 0.597. The van der Waals surface area contributed by atoms with E-state index >= 15 is 0 Å². The number of piperidine rings is 1. The zero-order chi connectivity index (χ0) is 28.1. The standard InChI is InChI=1S/C24H36F3N5O5/c1-22(2,3)18(31-21(37)24(25,26)27)20(36)32-10-13-17(23(13,4)5)14(32)8-16(34)29-12(9-28)6-11-7-15(33)30-19(11)35/h11-15,17-18,20,33,36H,6-8,10H2,1-5H3,(H,29,34)(H,30,35)(H,31,37)/t11-,12+,13+,14-,15?,17+,18-,20?/m1/s1. The average molecular weight is 532 g/mol. The van der Waals surface area contributed by atoms with Crippen molar-refractivity contribution in [3.05, 3.63) is 0 Å². The second-order valence-corrected chi connectivity index (χ2v) is 12.1. The fourth-order valence-corrected chi connectivity index (χ4v) is 5.96. The zero-order valence-corrected chi connectivity index (χ0v) is 21.6. The van der Waals surface area contributed by atoms with Crippen LogP contribution in [0, 0.1) is 39.9 Å². The van der Waals surface area contributed by atoms with Gasteiger partial charge in [-0.2, -0.15) is 18.4 Å². The number of amides is 3. The van der Waals surface area contributed by atoms with E-state index < -0.39 is 65.8 Å². The third-order valence-corrected chi connectivity index (χ3v) is 8.10. The van der Waals surface area contributed by atoms with Gasteiger partial charge in [-0.25, -0.2) is 0 Å². The van der Waals surface area contributed by atoms with Gasteiger partial charge in [-0.15, -0.1) is 0 Å². The van der Waals surface area contributed by atoms with Crippen molar-refractivity contribution in [2.24, 2.45) is 28.6 Å². The zero-order valence-electron chi connectivity index (χ0n) is 21.6. The number of hydrogen-bond donors (Lipinski definition) is 5. The Kier molecular flexibility index (Phi) is 7.90. The lowest BCUT2D eigenvalue weighted by molar-refractivity contribution is -0.178. The van der Waals surface area contributed by atoms with Crippen LogP contribution in [0.2, 0.25) is 0 Å². The van der Waals surface area contributed by atoms with Crippen LogP contribution >= 0.6 is 0 Å². The molecule has 3 aliphatic rings. The molecule has 0 aromatic carbocycles. The number of carbonyl (C=O) groups is 3. The highest BCUT2D eigenvalue weighted by Gasteiger charge is 2.68. The minimum absolute atomic E-state index is 0.0110. The van der Waals surface area contributed by atoms with E-state index in [1.54, 1.807) is 25.7 Å². The first-order valence-corrected chi connectivity index (χ1v) is 12.4. The highest BCUT2D eigenvalue weighted by molar-refractivity contribution is 5.82. The summed E-state index contributed by atoms with van der Waals surface area (Å²) in [4.78, 5) is 38.2. The average Bonchev–Trinajstić information content (AvgIpc) is 3.01. The van der Waals surface area contributed by atoms with Crippen LogP contribution in [0.5, 0.6) is 0 Å². The van der Waals surface area contributed by atoms with E-state index in [-0.39, 0.29) is 36.5 Å². The number of carbonyl (C=O) groups excluding carboxylic acids is 3. The highest BCUT2D eigenvalue weighted by atomic mass is 19.4. The molecule has 1 aliphatic carbocycles. The molecule has 13 heteroatoms. The highest BCUT2D eigenvalue weighted by Crippen LogP contribution is 2.65. The third-order valence-electron chi connectivity index (χ3n) is 8.10. The lowest BCUT2D eigenvalue weighted by Gasteiger charge is -2.43. The van der Waals surface area contributed by atoms with E-state index in [1.165, 1.54) is 0 Å². The molecule has 8 atom stereocenters. The molecule has 37 heavy (non-hydrogen) atoms. The molecular weight excluding hydrogens is 495 g/mol. The van der Waals surface area contributed by atoms with Crippen LogP contribution in [0.4, 0.5) is 13.2 Å². The van der Waals surface area contributed by atoms with Gasteiger partial charge in [-0.05, 0) is 29.1 Å². The van der Waals surface area contributed by atoms with Gasteiger partial charge in [-0.3, -0.25) is 19.3 Å². The molecule has 0 radical (unpaired) electrons. The van der Waals surface area contributed by atoms with Crippen LogP contribution < -0.4 is 16.0 Å². The van der Waals surface area contributed by atoms with Gasteiger partial charge in [0.15, 0.2) is 0 Å². The van der Waals surface area contributed by atoms with Gasteiger partial charge in [0, 0.05) is 31.3 Å². The van der Waals surface area contributed by atoms with Gasteiger partial charge >= 0.3 is 12.1 Å². The molecule has 3 amide bonds. The maximum atomic E-state index is 13.0. The topological polar surface area (TPSA) is 155 Å². The van der Waals surface area contributed by atoms with Gasteiger partial charge in [-0.1, -0.05) is 34.6 Å². The Bertz CT molecular complexity index is 960. The number of fused-ring (bicyclic) bond motifs is 1. The summed E-state index contributed by atoms with van der Waals surface area (Å²) in [5.41, 5.74) is -1.08. The van der Waals surface area contributed by atoms with Crippen LogP contribution in [0.25, 0.3) is 0 Å². The Hall–Kier alpha value is -2.43. The SMILES string of the molecule is CC(C)(C)[C@H](NC(=O)C(F)(F)F)C(O)N1C[C@H]2[C@@H]([C@H]1CC(=O)N[C@H](C#N)C[C@@H]1CC(O)NC1=O)C2(C)C. The Morgan fingerprint density at radius 1 is 1.27 bits per heavy atom. The van der Waals surface area contributed by atoms with Gasteiger partial charge < -0.3 is 26.2 Å². The minimum Gasteiger partial charge on any atom is -0.376 e. The second kappa shape index (κ2) is 10.0. The number of nitriles is 1. The van der Waals surface area contributed by atoms with Crippen LogP contribution in [0.3, 0.4) is 0 Å². The number of hydrogen-bond acceptors (Lipinski definition) is 7. The maximum absolute atomic E-state index is 13.0. The van der Waals surface area contributed by atoms with Crippen molar-refractivity contribution in [3.63, 3.8) is 0 Å². The van der Waals surface area contributed by atoms with Crippen LogP contribution in [-0.2, 0) is 14.4 Å². The summed E-state index contributed by atoms with van der Waals surface area (Å²) >= 11 is 0. The number of alkyl halides is 3. The fourth-order valence-electron chi connectivity index (χ4n) is 5.96. The lowest BCUT2D eigenvalue weighted by Crippen LogP contribution is -2.61.